The molecule has 1 heterocycles. The first-order valence-corrected chi connectivity index (χ1v) is 5.48. The van der Waals surface area contributed by atoms with Crippen molar-refractivity contribution in [3.63, 3.8) is 0 Å². The van der Waals surface area contributed by atoms with Crippen molar-refractivity contribution in [3.8, 4) is 0 Å². The Bertz CT molecular complexity index is 396. The average molecular weight is 204 g/mol. The van der Waals surface area contributed by atoms with Crippen LogP contribution in [0.2, 0.25) is 0 Å². The minimum atomic E-state index is -0.187. The van der Waals surface area contributed by atoms with E-state index < -0.39 is 0 Å². The maximum atomic E-state index is 11.4. The number of benzene rings is 1. The van der Waals surface area contributed by atoms with Crippen molar-refractivity contribution in [2.75, 3.05) is 0 Å². The Balaban J connectivity index is 2.42. The number of carbonyl (C=O) groups excluding carboxylic acids is 1. The van der Waals surface area contributed by atoms with E-state index in [2.05, 4.69) is 19.9 Å². The molecular formula is C13H16O2. The van der Waals surface area contributed by atoms with Crippen molar-refractivity contribution in [2.45, 2.75) is 39.2 Å². The predicted molar refractivity (Wildman–Crippen MR) is 59.0 cm³/mol. The van der Waals surface area contributed by atoms with E-state index in [9.17, 15) is 4.79 Å². The second-order valence-corrected chi connectivity index (χ2v) is 4.20. The van der Waals surface area contributed by atoms with Gasteiger partial charge in [0.2, 0.25) is 0 Å². The van der Waals surface area contributed by atoms with Gasteiger partial charge in [-0.15, -0.1) is 0 Å². The molecule has 0 radical (unpaired) electrons. The summed E-state index contributed by atoms with van der Waals surface area (Å²) in [5, 5.41) is 0. The van der Waals surface area contributed by atoms with E-state index >= 15 is 0 Å². The molecule has 1 aliphatic heterocycles. The molecule has 1 aromatic rings. The monoisotopic (exact) mass is 204 g/mol. The molecule has 0 aliphatic carbocycles. The van der Waals surface area contributed by atoms with Gasteiger partial charge in [-0.1, -0.05) is 26.0 Å². The van der Waals surface area contributed by atoms with Crippen LogP contribution in [0.5, 0.6) is 0 Å². The molecule has 0 N–H and O–H groups in total. The Labute approximate surface area is 90.3 Å². The first kappa shape index (κ1) is 10.2. The van der Waals surface area contributed by atoms with Crippen molar-refractivity contribution in [1.29, 1.82) is 0 Å². The molecule has 0 spiro atoms. The van der Waals surface area contributed by atoms with Crippen molar-refractivity contribution in [2.24, 2.45) is 0 Å². The number of hydrogen-bond donors (Lipinski definition) is 0. The van der Waals surface area contributed by atoms with Crippen LogP contribution in [-0.2, 0) is 4.74 Å². The van der Waals surface area contributed by atoms with Crippen LogP contribution in [0.25, 0.3) is 0 Å². The zero-order valence-corrected chi connectivity index (χ0v) is 9.41. The molecule has 15 heavy (non-hydrogen) atoms. The molecule has 0 saturated heterocycles. The highest BCUT2D eigenvalue weighted by Crippen LogP contribution is 2.32. The Morgan fingerprint density at radius 2 is 2.20 bits per heavy atom. The van der Waals surface area contributed by atoms with Gasteiger partial charge in [0.15, 0.2) is 0 Å². The van der Waals surface area contributed by atoms with Gasteiger partial charge in [-0.05, 0) is 30.9 Å². The van der Waals surface area contributed by atoms with Gasteiger partial charge in [-0.25, -0.2) is 4.79 Å². The highest BCUT2D eigenvalue weighted by Gasteiger charge is 2.27. The van der Waals surface area contributed by atoms with Crippen molar-refractivity contribution in [1.82, 2.24) is 0 Å². The molecule has 2 nitrogen and oxygen atoms in total. The summed E-state index contributed by atoms with van der Waals surface area (Å²) in [5.41, 5.74) is 3.06. The molecule has 1 aliphatic rings. The van der Waals surface area contributed by atoms with Gasteiger partial charge in [0.25, 0.3) is 0 Å². The number of esters is 1. The van der Waals surface area contributed by atoms with Gasteiger partial charge in [0.1, 0.15) is 6.10 Å². The molecule has 2 unspecified atom stereocenters. The number of ether oxygens (including phenoxy) is 1. The smallest absolute Gasteiger partial charge is 0.339 e. The summed E-state index contributed by atoms with van der Waals surface area (Å²) in [7, 11) is 0. The highest BCUT2D eigenvalue weighted by molar-refractivity contribution is 5.94. The normalized spacial score (nSPS) is 21.0. The third kappa shape index (κ3) is 1.65. The van der Waals surface area contributed by atoms with Crippen molar-refractivity contribution < 1.29 is 9.53 Å². The molecule has 80 valence electrons. The summed E-state index contributed by atoms with van der Waals surface area (Å²) in [4.78, 5) is 11.4. The summed E-state index contributed by atoms with van der Waals surface area (Å²) >= 11 is 0. The van der Waals surface area contributed by atoms with E-state index in [1.165, 1.54) is 5.56 Å². The number of fused-ring (bicyclic) bond motifs is 1. The SMILES string of the molecule is CCC(C)c1ccc2c(c1)C(C)OC2=O. The van der Waals surface area contributed by atoms with Crippen molar-refractivity contribution >= 4 is 5.97 Å². The second kappa shape index (κ2) is 3.69. The van der Waals surface area contributed by atoms with Gasteiger partial charge in [-0.3, -0.25) is 0 Å². The number of rotatable bonds is 2. The summed E-state index contributed by atoms with van der Waals surface area (Å²) in [6.07, 6.45) is 1.03. The summed E-state index contributed by atoms with van der Waals surface area (Å²) in [6.45, 7) is 6.29. The van der Waals surface area contributed by atoms with E-state index in [1.54, 1.807) is 0 Å². The molecule has 1 aromatic carbocycles. The van der Waals surface area contributed by atoms with E-state index in [4.69, 9.17) is 4.74 Å². The van der Waals surface area contributed by atoms with Crippen LogP contribution in [0.4, 0.5) is 0 Å². The quantitative estimate of drug-likeness (QED) is 0.690. The Kier molecular flexibility index (Phi) is 2.51. The molecule has 0 fully saturated rings. The average Bonchev–Trinajstić information content (AvgIpc) is 2.53. The van der Waals surface area contributed by atoms with E-state index in [0.29, 0.717) is 5.92 Å². The molecule has 0 bridgehead atoms. The largest absolute Gasteiger partial charge is 0.454 e. The molecule has 0 amide bonds. The number of cyclic esters (lactones) is 1. The van der Waals surface area contributed by atoms with Crippen LogP contribution in [0.15, 0.2) is 18.2 Å². The zero-order chi connectivity index (χ0) is 11.0. The number of carbonyl (C=O) groups is 1. The fraction of sp³-hybridized carbons (Fsp3) is 0.462. The zero-order valence-electron chi connectivity index (χ0n) is 9.41. The van der Waals surface area contributed by atoms with Crippen LogP contribution in [0.3, 0.4) is 0 Å². The summed E-state index contributed by atoms with van der Waals surface area (Å²) in [5.74, 6) is 0.353. The van der Waals surface area contributed by atoms with E-state index in [-0.39, 0.29) is 12.1 Å². The molecule has 0 saturated carbocycles. The third-order valence-electron chi connectivity index (χ3n) is 3.20. The first-order valence-electron chi connectivity index (χ1n) is 5.48. The summed E-state index contributed by atoms with van der Waals surface area (Å²) < 4.78 is 5.16. The van der Waals surface area contributed by atoms with E-state index in [1.807, 2.05) is 19.1 Å². The van der Waals surface area contributed by atoms with Crippen LogP contribution in [0.1, 0.15) is 60.7 Å². The predicted octanol–water partition coefficient (Wildman–Crippen LogP) is 3.43. The Hall–Kier alpha value is -1.31. The lowest BCUT2D eigenvalue weighted by molar-refractivity contribution is 0.0422. The van der Waals surface area contributed by atoms with E-state index in [0.717, 1.165) is 17.5 Å². The second-order valence-electron chi connectivity index (χ2n) is 4.20. The lowest BCUT2D eigenvalue weighted by atomic mass is 9.94. The summed E-state index contributed by atoms with van der Waals surface area (Å²) in [6, 6.07) is 6.04. The van der Waals surface area contributed by atoms with Gasteiger partial charge < -0.3 is 4.74 Å². The van der Waals surface area contributed by atoms with Gasteiger partial charge in [0.05, 0.1) is 5.56 Å². The van der Waals surface area contributed by atoms with Crippen LogP contribution in [-0.4, -0.2) is 5.97 Å². The maximum Gasteiger partial charge on any atom is 0.339 e. The molecule has 2 rings (SSSR count). The topological polar surface area (TPSA) is 26.3 Å². The fourth-order valence-corrected chi connectivity index (χ4v) is 1.93. The lowest BCUT2D eigenvalue weighted by Crippen LogP contribution is -1.96. The minimum absolute atomic E-state index is 0.0866. The van der Waals surface area contributed by atoms with Crippen molar-refractivity contribution in [3.05, 3.63) is 34.9 Å². The van der Waals surface area contributed by atoms with Crippen LogP contribution in [0, 0.1) is 0 Å². The highest BCUT2D eigenvalue weighted by atomic mass is 16.5. The maximum absolute atomic E-state index is 11.4. The third-order valence-corrected chi connectivity index (χ3v) is 3.20. The molecule has 2 heteroatoms. The molecule has 2 atom stereocenters. The fourth-order valence-electron chi connectivity index (χ4n) is 1.93. The van der Waals surface area contributed by atoms with Gasteiger partial charge in [-0.2, -0.15) is 0 Å². The molecular weight excluding hydrogens is 188 g/mol. The Morgan fingerprint density at radius 3 is 2.87 bits per heavy atom. The number of hydrogen-bond acceptors (Lipinski definition) is 2. The molecule has 0 aromatic heterocycles. The minimum Gasteiger partial charge on any atom is -0.454 e. The van der Waals surface area contributed by atoms with Gasteiger partial charge >= 0.3 is 5.97 Å². The first-order chi connectivity index (χ1) is 7.13. The lowest BCUT2D eigenvalue weighted by Gasteiger charge is -2.10. The van der Waals surface area contributed by atoms with Crippen LogP contribution < -0.4 is 0 Å². The Morgan fingerprint density at radius 1 is 1.47 bits per heavy atom. The van der Waals surface area contributed by atoms with Crippen LogP contribution >= 0.6 is 0 Å². The standard InChI is InChI=1S/C13H16O2/c1-4-8(2)10-5-6-11-12(7-10)9(3)15-13(11)14/h5-9H,4H2,1-3H3. The van der Waals surface area contributed by atoms with Gasteiger partial charge in [0, 0.05) is 5.56 Å².